The highest BCUT2D eigenvalue weighted by Crippen LogP contribution is 2.29. The smallest absolute Gasteiger partial charge is 0.424 e. The Morgan fingerprint density at radius 1 is 1.35 bits per heavy atom. The normalized spacial score (nSPS) is 20.2. The number of carbonyl (C=O) groups excluding carboxylic acids is 2. The maximum atomic E-state index is 13.9. The first-order valence-corrected chi connectivity index (χ1v) is 9.66. The average molecular weight is 432 g/mol. The molecule has 0 bridgehead atoms. The lowest BCUT2D eigenvalue weighted by atomic mass is 10.1. The van der Waals surface area contributed by atoms with Crippen molar-refractivity contribution >= 4 is 18.5 Å². The van der Waals surface area contributed by atoms with Gasteiger partial charge >= 0.3 is 5.91 Å². The highest BCUT2D eigenvalue weighted by Gasteiger charge is 2.41. The number of aromatic hydroxyl groups is 1. The number of hydrogen-bond donors (Lipinski definition) is 1. The minimum atomic E-state index is -1.03. The molecule has 2 unspecified atom stereocenters. The predicted octanol–water partition coefficient (Wildman–Crippen LogP) is 1.48. The standard InChI is InChI=1S/C21H19F2N3O5/c1-11-5-6-31-16-10-25-9-14(18(27)19(28)17(25)21(30)26(11)16)20(29)24(2)8-12-3-4-13(22)7-15(12)23/h3-4,7,9,11,16H,2,5-6,8,10H2,1H3/p+1. The summed E-state index contributed by atoms with van der Waals surface area (Å²) in [5.74, 6) is -3.91. The van der Waals surface area contributed by atoms with Crippen LogP contribution in [0, 0.1) is 11.6 Å². The molecule has 0 aliphatic carbocycles. The summed E-state index contributed by atoms with van der Waals surface area (Å²) >= 11 is 0. The Hall–Kier alpha value is -3.40. The molecular weight excluding hydrogens is 412 g/mol. The average Bonchev–Trinajstić information content (AvgIpc) is 2.72. The molecule has 2 aromatic rings. The van der Waals surface area contributed by atoms with Crippen molar-refractivity contribution in [2.24, 2.45) is 0 Å². The van der Waals surface area contributed by atoms with Crippen LogP contribution in [0.25, 0.3) is 0 Å². The van der Waals surface area contributed by atoms with E-state index in [1.807, 2.05) is 6.92 Å². The van der Waals surface area contributed by atoms with E-state index in [9.17, 15) is 28.3 Å². The molecule has 2 aliphatic heterocycles. The number of benzene rings is 1. The van der Waals surface area contributed by atoms with E-state index in [1.165, 1.54) is 21.7 Å². The van der Waals surface area contributed by atoms with Crippen LogP contribution in [-0.4, -0.2) is 56.6 Å². The van der Waals surface area contributed by atoms with Crippen molar-refractivity contribution in [3.8, 4) is 5.75 Å². The number of carbonyl (C=O) groups is 2. The van der Waals surface area contributed by atoms with Gasteiger partial charge in [-0.2, -0.15) is 4.58 Å². The SMILES string of the molecule is C=[N+](Cc1ccc(F)cc1F)C(=O)c1cn2c(c(O)c1=O)C(=O)N1C(C)CCOC1C2. The lowest BCUT2D eigenvalue weighted by molar-refractivity contribution is -0.437. The molecule has 2 aliphatic rings. The van der Waals surface area contributed by atoms with Gasteiger partial charge in [0.05, 0.1) is 18.7 Å². The number of amides is 2. The summed E-state index contributed by atoms with van der Waals surface area (Å²) in [5.41, 5.74) is -1.66. The number of fused-ring (bicyclic) bond motifs is 2. The predicted molar refractivity (Wildman–Crippen MR) is 104 cm³/mol. The second-order valence-electron chi connectivity index (χ2n) is 7.64. The molecule has 1 fully saturated rings. The first kappa shape index (κ1) is 20.9. The third kappa shape index (κ3) is 3.52. The molecule has 162 valence electrons. The molecule has 10 heteroatoms. The Labute approximate surface area is 175 Å². The lowest BCUT2D eigenvalue weighted by Crippen LogP contribution is -2.57. The first-order chi connectivity index (χ1) is 14.7. The summed E-state index contributed by atoms with van der Waals surface area (Å²) in [6.07, 6.45) is 1.22. The van der Waals surface area contributed by atoms with E-state index < -0.39 is 46.4 Å². The van der Waals surface area contributed by atoms with Crippen LogP contribution in [0.5, 0.6) is 5.75 Å². The lowest BCUT2D eigenvalue weighted by Gasteiger charge is -2.44. The molecule has 2 atom stereocenters. The maximum Gasteiger partial charge on any atom is 0.424 e. The zero-order valence-electron chi connectivity index (χ0n) is 16.7. The number of halogens is 2. The van der Waals surface area contributed by atoms with Crippen molar-refractivity contribution in [2.45, 2.75) is 38.7 Å². The quantitative estimate of drug-likeness (QED) is 0.586. The van der Waals surface area contributed by atoms with Crippen LogP contribution in [-0.2, 0) is 17.8 Å². The number of nitrogens with zero attached hydrogens (tertiary/aromatic N) is 3. The van der Waals surface area contributed by atoms with Crippen LogP contribution in [0.2, 0.25) is 0 Å². The molecule has 0 spiro atoms. The topological polar surface area (TPSA) is 91.8 Å². The maximum absolute atomic E-state index is 13.9. The summed E-state index contributed by atoms with van der Waals surface area (Å²) in [7, 11) is 0. The van der Waals surface area contributed by atoms with E-state index in [0.717, 1.165) is 10.6 Å². The van der Waals surface area contributed by atoms with Crippen LogP contribution in [0.15, 0.2) is 29.2 Å². The van der Waals surface area contributed by atoms with Gasteiger partial charge in [0.15, 0.2) is 29.8 Å². The third-order valence-electron chi connectivity index (χ3n) is 5.57. The van der Waals surface area contributed by atoms with Gasteiger partial charge < -0.3 is 19.3 Å². The summed E-state index contributed by atoms with van der Waals surface area (Å²) in [5, 5.41) is 10.5. The van der Waals surface area contributed by atoms with Gasteiger partial charge in [-0.25, -0.2) is 13.6 Å². The first-order valence-electron chi connectivity index (χ1n) is 9.66. The fraction of sp³-hybridized carbons (Fsp3) is 0.333. The highest BCUT2D eigenvalue weighted by molar-refractivity contribution is 5.98. The highest BCUT2D eigenvalue weighted by atomic mass is 19.1. The fourth-order valence-electron chi connectivity index (χ4n) is 3.91. The molecule has 3 heterocycles. The Morgan fingerprint density at radius 2 is 2.10 bits per heavy atom. The van der Waals surface area contributed by atoms with Gasteiger partial charge in [-0.3, -0.25) is 9.59 Å². The molecule has 31 heavy (non-hydrogen) atoms. The molecule has 1 N–H and O–H groups in total. The van der Waals surface area contributed by atoms with E-state index in [2.05, 4.69) is 6.72 Å². The second kappa shape index (κ2) is 7.69. The van der Waals surface area contributed by atoms with E-state index >= 15 is 0 Å². The Morgan fingerprint density at radius 3 is 2.81 bits per heavy atom. The molecule has 1 saturated heterocycles. The van der Waals surface area contributed by atoms with Crippen LogP contribution < -0.4 is 5.43 Å². The Bertz CT molecular complexity index is 1180. The monoisotopic (exact) mass is 432 g/mol. The van der Waals surface area contributed by atoms with Gasteiger partial charge in [0, 0.05) is 18.3 Å². The van der Waals surface area contributed by atoms with Gasteiger partial charge in [0.2, 0.25) is 5.43 Å². The molecule has 0 radical (unpaired) electrons. The summed E-state index contributed by atoms with van der Waals surface area (Å²) < 4.78 is 34.8. The minimum absolute atomic E-state index is 0.00227. The van der Waals surface area contributed by atoms with Crippen LogP contribution in [0.1, 0.15) is 39.8 Å². The summed E-state index contributed by atoms with van der Waals surface area (Å²) in [4.78, 5) is 39.9. The van der Waals surface area contributed by atoms with Crippen molar-refractivity contribution in [1.29, 1.82) is 0 Å². The largest absolute Gasteiger partial charge is 0.503 e. The minimum Gasteiger partial charge on any atom is -0.503 e. The van der Waals surface area contributed by atoms with Crippen LogP contribution in [0.4, 0.5) is 8.78 Å². The van der Waals surface area contributed by atoms with Gasteiger partial charge in [-0.1, -0.05) is 0 Å². The van der Waals surface area contributed by atoms with Crippen molar-refractivity contribution in [1.82, 2.24) is 9.47 Å². The van der Waals surface area contributed by atoms with Crippen LogP contribution >= 0.6 is 0 Å². The molecule has 8 nitrogen and oxygen atoms in total. The van der Waals surface area contributed by atoms with E-state index in [1.54, 1.807) is 0 Å². The number of aromatic nitrogens is 1. The molecule has 0 saturated carbocycles. The van der Waals surface area contributed by atoms with Crippen LogP contribution in [0.3, 0.4) is 0 Å². The van der Waals surface area contributed by atoms with Gasteiger partial charge in [0.1, 0.15) is 18.4 Å². The van der Waals surface area contributed by atoms with Gasteiger partial charge in [-0.15, -0.1) is 0 Å². The second-order valence-corrected chi connectivity index (χ2v) is 7.64. The zero-order valence-corrected chi connectivity index (χ0v) is 16.7. The molecule has 4 rings (SSSR count). The van der Waals surface area contributed by atoms with Crippen molar-refractivity contribution in [2.75, 3.05) is 6.61 Å². The number of hydrogen-bond acceptors (Lipinski definition) is 5. The summed E-state index contributed by atoms with van der Waals surface area (Å²) in [6, 6.07) is 2.76. The van der Waals surface area contributed by atoms with Crippen molar-refractivity contribution < 1.29 is 32.8 Å². The third-order valence-corrected chi connectivity index (χ3v) is 5.57. The molecule has 1 aromatic carbocycles. The number of pyridine rings is 1. The van der Waals surface area contributed by atoms with Gasteiger partial charge in [0.25, 0.3) is 5.91 Å². The molecular formula is C21H20F2N3O5+. The van der Waals surface area contributed by atoms with E-state index in [-0.39, 0.29) is 30.4 Å². The Balaban J connectivity index is 1.68. The molecule has 2 amide bonds. The van der Waals surface area contributed by atoms with Crippen molar-refractivity contribution in [3.63, 3.8) is 0 Å². The van der Waals surface area contributed by atoms with E-state index in [4.69, 9.17) is 4.74 Å². The number of rotatable bonds is 3. The fourth-order valence-corrected chi connectivity index (χ4v) is 3.91. The van der Waals surface area contributed by atoms with E-state index in [0.29, 0.717) is 19.1 Å². The molecule has 1 aromatic heterocycles. The van der Waals surface area contributed by atoms with Crippen molar-refractivity contribution in [3.05, 3.63) is 63.1 Å². The number of ether oxygens (including phenoxy) is 1. The summed E-state index contributed by atoms with van der Waals surface area (Å²) in [6.45, 7) is 5.65. The Kier molecular flexibility index (Phi) is 5.18. The zero-order chi connectivity index (χ0) is 22.4. The van der Waals surface area contributed by atoms with Gasteiger partial charge in [-0.05, 0) is 25.5 Å².